The molecular weight excluding hydrogens is 444 g/mol. The summed E-state index contributed by atoms with van der Waals surface area (Å²) in [6.07, 6.45) is 0.992. The van der Waals surface area contributed by atoms with Gasteiger partial charge in [0.1, 0.15) is 5.75 Å². The zero-order valence-corrected chi connectivity index (χ0v) is 19.1. The van der Waals surface area contributed by atoms with Gasteiger partial charge < -0.3 is 26.0 Å². The van der Waals surface area contributed by atoms with Crippen LogP contribution in [0.1, 0.15) is 33.2 Å². The van der Waals surface area contributed by atoms with Gasteiger partial charge in [0.15, 0.2) is 0 Å². The summed E-state index contributed by atoms with van der Waals surface area (Å²) in [5, 5.41) is 33.4. The first-order chi connectivity index (χ1) is 16.9. The van der Waals surface area contributed by atoms with E-state index in [1.807, 2.05) is 30.3 Å². The maximum atomic E-state index is 11.1. The molecule has 0 bridgehead atoms. The van der Waals surface area contributed by atoms with Crippen LogP contribution in [0.4, 0.5) is 22.7 Å². The Hall–Kier alpha value is -4.78. The number of para-hydroxylation sites is 2. The number of carbonyl (C=O) groups is 2. The lowest BCUT2D eigenvalue weighted by Crippen LogP contribution is -2.02. The number of anilines is 4. The number of hydrogen-bond donors (Lipinski definition) is 5. The van der Waals surface area contributed by atoms with Gasteiger partial charge in [-0.05, 0) is 72.6 Å². The Kier molecular flexibility index (Phi) is 8.45. The number of phenolic OH excluding ortho intramolecular Hbond substituents is 1. The topological polar surface area (TPSA) is 119 Å². The van der Waals surface area contributed by atoms with E-state index in [9.17, 15) is 9.59 Å². The van der Waals surface area contributed by atoms with Crippen LogP contribution >= 0.6 is 0 Å². The van der Waals surface area contributed by atoms with E-state index < -0.39 is 11.9 Å². The normalized spacial score (nSPS) is 9.97. The quantitative estimate of drug-likeness (QED) is 0.195. The van der Waals surface area contributed by atoms with Crippen LogP contribution in [0.3, 0.4) is 0 Å². The summed E-state index contributed by atoms with van der Waals surface area (Å²) in [4.78, 5) is 22.1. The molecule has 7 nitrogen and oxygen atoms in total. The molecule has 0 radical (unpaired) electrons. The second-order valence-corrected chi connectivity index (χ2v) is 7.55. The summed E-state index contributed by atoms with van der Waals surface area (Å²) in [5.74, 6) is -1.74. The summed E-state index contributed by atoms with van der Waals surface area (Å²) in [5.41, 5.74) is 4.47. The molecule has 0 unspecified atom stereocenters. The van der Waals surface area contributed by atoms with E-state index in [4.69, 9.17) is 15.3 Å². The molecule has 5 N–H and O–H groups in total. The number of aryl methyl sites for hydroxylation is 1. The Morgan fingerprint density at radius 1 is 0.629 bits per heavy atom. The minimum Gasteiger partial charge on any atom is -0.508 e. The Morgan fingerprint density at radius 3 is 1.43 bits per heavy atom. The molecule has 0 saturated carbocycles. The van der Waals surface area contributed by atoms with Crippen molar-refractivity contribution < 1.29 is 24.9 Å². The molecule has 0 aliphatic carbocycles. The van der Waals surface area contributed by atoms with Gasteiger partial charge in [0.25, 0.3) is 0 Å². The number of nitrogens with one attached hydrogen (secondary N) is 2. The number of carboxylic acid groups (broad SMARTS) is 2. The molecule has 35 heavy (non-hydrogen) atoms. The molecule has 0 spiro atoms. The first-order valence-corrected chi connectivity index (χ1v) is 10.9. The molecule has 0 aliphatic rings. The molecule has 4 aromatic rings. The van der Waals surface area contributed by atoms with Crippen molar-refractivity contribution in [1.82, 2.24) is 0 Å². The monoisotopic (exact) mass is 470 g/mol. The van der Waals surface area contributed by atoms with E-state index in [1.54, 1.807) is 48.5 Å². The van der Waals surface area contributed by atoms with Gasteiger partial charge in [-0.25, -0.2) is 9.59 Å². The minimum absolute atomic E-state index is 0.169. The van der Waals surface area contributed by atoms with Crippen molar-refractivity contribution in [2.45, 2.75) is 13.3 Å². The summed E-state index contributed by atoms with van der Waals surface area (Å²) >= 11 is 0. The Balaban J connectivity index is 0.000000196. The number of carboxylic acids is 2. The molecule has 7 heteroatoms. The SMILES string of the molecule is CCc1ccc(Nc2ccccc2C(=O)O)cc1.O=C(O)c1ccccc1Nc1ccc(O)cc1. The fourth-order valence-corrected chi connectivity index (χ4v) is 3.24. The number of hydrogen-bond acceptors (Lipinski definition) is 5. The van der Waals surface area contributed by atoms with Gasteiger partial charge in [-0.1, -0.05) is 43.3 Å². The third kappa shape index (κ3) is 7.10. The van der Waals surface area contributed by atoms with Crippen molar-refractivity contribution >= 4 is 34.7 Å². The van der Waals surface area contributed by atoms with Crippen LogP contribution in [-0.2, 0) is 6.42 Å². The van der Waals surface area contributed by atoms with E-state index >= 15 is 0 Å². The number of benzene rings is 4. The van der Waals surface area contributed by atoms with Crippen molar-refractivity contribution in [3.8, 4) is 5.75 Å². The lowest BCUT2D eigenvalue weighted by atomic mass is 10.1. The molecule has 4 aromatic carbocycles. The first kappa shape index (κ1) is 24.9. The summed E-state index contributed by atoms with van der Waals surface area (Å²) in [6.45, 7) is 2.10. The maximum absolute atomic E-state index is 11.1. The third-order valence-electron chi connectivity index (χ3n) is 5.10. The molecule has 4 rings (SSSR count). The van der Waals surface area contributed by atoms with Crippen molar-refractivity contribution in [3.05, 3.63) is 114 Å². The molecule has 0 saturated heterocycles. The summed E-state index contributed by atoms with van der Waals surface area (Å²) in [7, 11) is 0. The van der Waals surface area contributed by atoms with Crippen LogP contribution in [0, 0.1) is 0 Å². The maximum Gasteiger partial charge on any atom is 0.337 e. The molecule has 0 heterocycles. The Morgan fingerprint density at radius 2 is 1.03 bits per heavy atom. The van der Waals surface area contributed by atoms with E-state index in [-0.39, 0.29) is 16.9 Å². The molecule has 0 aromatic heterocycles. The highest BCUT2D eigenvalue weighted by Crippen LogP contribution is 2.23. The zero-order chi connectivity index (χ0) is 25.2. The third-order valence-corrected chi connectivity index (χ3v) is 5.10. The lowest BCUT2D eigenvalue weighted by Gasteiger charge is -2.09. The zero-order valence-electron chi connectivity index (χ0n) is 19.1. The predicted octanol–water partition coefficient (Wildman–Crippen LogP) is 6.52. The molecular formula is C28H26N2O5. The van der Waals surface area contributed by atoms with Crippen molar-refractivity contribution in [2.75, 3.05) is 10.6 Å². The minimum atomic E-state index is -0.980. The highest BCUT2D eigenvalue weighted by atomic mass is 16.4. The summed E-state index contributed by atoms with van der Waals surface area (Å²) in [6, 6.07) is 27.9. The van der Waals surface area contributed by atoms with E-state index in [0.29, 0.717) is 11.4 Å². The summed E-state index contributed by atoms with van der Waals surface area (Å²) < 4.78 is 0. The Bertz CT molecular complexity index is 1290. The van der Waals surface area contributed by atoms with Crippen LogP contribution in [0.5, 0.6) is 5.75 Å². The molecule has 0 aliphatic heterocycles. The molecule has 0 amide bonds. The highest BCUT2D eigenvalue weighted by molar-refractivity contribution is 5.95. The fourth-order valence-electron chi connectivity index (χ4n) is 3.24. The van der Waals surface area contributed by atoms with Crippen LogP contribution in [0.25, 0.3) is 0 Å². The number of rotatable bonds is 7. The van der Waals surface area contributed by atoms with Crippen LogP contribution in [-0.4, -0.2) is 27.3 Å². The smallest absolute Gasteiger partial charge is 0.337 e. The standard InChI is InChI=1S/C15H15NO2.C13H11NO3/c1-2-11-7-9-12(10-8-11)16-14-6-4-3-5-13(14)15(17)18;15-10-7-5-9(6-8-10)14-12-4-2-1-3-11(12)13(16)17/h3-10,16H,2H2,1H3,(H,17,18);1-8,14-15H,(H,16,17). The average molecular weight is 471 g/mol. The van der Waals surface area contributed by atoms with Crippen LogP contribution < -0.4 is 10.6 Å². The number of aromatic hydroxyl groups is 1. The second-order valence-electron chi connectivity index (χ2n) is 7.55. The second kappa shape index (κ2) is 11.9. The van der Waals surface area contributed by atoms with Crippen molar-refractivity contribution in [3.63, 3.8) is 0 Å². The van der Waals surface area contributed by atoms with Gasteiger partial charge in [-0.3, -0.25) is 0 Å². The van der Waals surface area contributed by atoms with Gasteiger partial charge in [0.2, 0.25) is 0 Å². The first-order valence-electron chi connectivity index (χ1n) is 10.9. The Labute approximate surface area is 203 Å². The largest absolute Gasteiger partial charge is 0.508 e. The van der Waals surface area contributed by atoms with E-state index in [1.165, 1.54) is 23.8 Å². The lowest BCUT2D eigenvalue weighted by molar-refractivity contribution is 0.0687. The van der Waals surface area contributed by atoms with E-state index in [0.717, 1.165) is 17.8 Å². The van der Waals surface area contributed by atoms with Crippen LogP contribution in [0.15, 0.2) is 97.1 Å². The van der Waals surface area contributed by atoms with Crippen molar-refractivity contribution in [1.29, 1.82) is 0 Å². The van der Waals surface area contributed by atoms with Crippen LogP contribution in [0.2, 0.25) is 0 Å². The highest BCUT2D eigenvalue weighted by Gasteiger charge is 2.09. The van der Waals surface area contributed by atoms with Crippen molar-refractivity contribution in [2.24, 2.45) is 0 Å². The van der Waals surface area contributed by atoms with E-state index in [2.05, 4.69) is 17.6 Å². The number of phenols is 1. The van der Waals surface area contributed by atoms with Gasteiger partial charge in [-0.2, -0.15) is 0 Å². The fraction of sp³-hybridized carbons (Fsp3) is 0.0714. The van der Waals surface area contributed by atoms with Gasteiger partial charge in [0.05, 0.1) is 22.5 Å². The molecule has 0 atom stereocenters. The average Bonchev–Trinajstić information content (AvgIpc) is 2.87. The predicted molar refractivity (Wildman–Crippen MR) is 137 cm³/mol. The van der Waals surface area contributed by atoms with Gasteiger partial charge in [-0.15, -0.1) is 0 Å². The van der Waals surface area contributed by atoms with Gasteiger partial charge in [0, 0.05) is 11.4 Å². The van der Waals surface area contributed by atoms with Gasteiger partial charge >= 0.3 is 11.9 Å². The molecule has 178 valence electrons. The molecule has 0 fully saturated rings. The number of aromatic carboxylic acids is 2.